The Morgan fingerprint density at radius 2 is 1.83 bits per heavy atom. The molecule has 2 aliphatic rings. The lowest BCUT2D eigenvalue weighted by Crippen LogP contribution is -2.38. The predicted molar refractivity (Wildman–Crippen MR) is 70.0 cm³/mol. The fourth-order valence-electron chi connectivity index (χ4n) is 2.96. The first-order valence-corrected chi connectivity index (χ1v) is 7.88. The predicted octanol–water partition coefficient (Wildman–Crippen LogP) is 0.534. The summed E-state index contributed by atoms with van der Waals surface area (Å²) in [5, 5.41) is 6.04. The van der Waals surface area contributed by atoms with Crippen molar-refractivity contribution in [3.63, 3.8) is 0 Å². The molecule has 98 valence electrons. The highest BCUT2D eigenvalue weighted by atomic mass is 32.2. The van der Waals surface area contributed by atoms with Crippen LogP contribution in [0.4, 0.5) is 0 Å². The van der Waals surface area contributed by atoms with Gasteiger partial charge in [-0.1, -0.05) is 17.7 Å². The Morgan fingerprint density at radius 3 is 2.56 bits per heavy atom. The Kier molecular flexibility index (Phi) is 2.92. The summed E-state index contributed by atoms with van der Waals surface area (Å²) in [4.78, 5) is 0.429. The third kappa shape index (κ3) is 1.86. The summed E-state index contributed by atoms with van der Waals surface area (Å²) >= 11 is 0. The largest absolute Gasteiger partial charge is 0.316 e. The van der Waals surface area contributed by atoms with Gasteiger partial charge in [-0.3, -0.25) is 0 Å². The van der Waals surface area contributed by atoms with E-state index >= 15 is 0 Å². The summed E-state index contributed by atoms with van der Waals surface area (Å²) in [7, 11) is -3.26. The molecule has 0 saturated carbocycles. The Bertz CT molecular complexity index is 539. The highest BCUT2D eigenvalue weighted by Crippen LogP contribution is 2.31. The van der Waals surface area contributed by atoms with Crippen LogP contribution in [0.3, 0.4) is 0 Å². The maximum Gasteiger partial charge on any atom is 0.194 e. The summed E-state index contributed by atoms with van der Waals surface area (Å²) < 4.78 is 25.2. The quantitative estimate of drug-likeness (QED) is 0.820. The second-order valence-corrected chi connectivity index (χ2v) is 7.34. The van der Waals surface area contributed by atoms with E-state index in [9.17, 15) is 8.42 Å². The minimum Gasteiger partial charge on any atom is -0.316 e. The topological polar surface area (TPSA) is 58.2 Å². The summed E-state index contributed by atoms with van der Waals surface area (Å²) in [6.07, 6.45) is 0. The van der Waals surface area contributed by atoms with Crippen molar-refractivity contribution in [3.05, 3.63) is 29.8 Å². The van der Waals surface area contributed by atoms with Crippen LogP contribution in [0, 0.1) is 18.8 Å². The molecule has 1 aromatic rings. The molecule has 0 aromatic heterocycles. The summed E-state index contributed by atoms with van der Waals surface area (Å²) in [5.74, 6) is 0.659. The second-order valence-electron chi connectivity index (χ2n) is 5.27. The summed E-state index contributed by atoms with van der Waals surface area (Å²) in [6, 6.07) is 7.13. The monoisotopic (exact) mass is 266 g/mol. The van der Waals surface area contributed by atoms with Crippen LogP contribution in [-0.4, -0.2) is 33.4 Å². The van der Waals surface area contributed by atoms with E-state index in [1.807, 2.05) is 19.1 Å². The minimum atomic E-state index is -3.26. The molecule has 3 unspecified atom stereocenters. The fraction of sp³-hybridized carbons (Fsp3) is 0.538. The minimum absolute atomic E-state index is 0.205. The van der Waals surface area contributed by atoms with Gasteiger partial charge in [0.05, 0.1) is 4.90 Å². The number of benzene rings is 1. The average Bonchev–Trinajstić information content (AvgIpc) is 2.90. The zero-order valence-corrected chi connectivity index (χ0v) is 11.2. The first kappa shape index (κ1) is 12.1. The molecular formula is C13H18N2O2S. The highest BCUT2D eigenvalue weighted by molar-refractivity contribution is 7.92. The molecule has 2 saturated heterocycles. The maximum atomic E-state index is 12.6. The van der Waals surface area contributed by atoms with Gasteiger partial charge >= 0.3 is 0 Å². The first-order valence-electron chi connectivity index (χ1n) is 6.34. The van der Waals surface area contributed by atoms with Gasteiger partial charge in [0.25, 0.3) is 0 Å². The lowest BCUT2D eigenvalue weighted by molar-refractivity contribution is 0.489. The molecule has 18 heavy (non-hydrogen) atoms. The van der Waals surface area contributed by atoms with Gasteiger partial charge in [-0.25, -0.2) is 8.42 Å². The van der Waals surface area contributed by atoms with E-state index < -0.39 is 15.2 Å². The molecule has 0 spiro atoms. The molecular weight excluding hydrogens is 248 g/mol. The molecule has 0 bridgehead atoms. The van der Waals surface area contributed by atoms with Crippen LogP contribution >= 0.6 is 0 Å². The lowest BCUT2D eigenvalue weighted by atomic mass is 10.0. The number of rotatable bonds is 2. The maximum absolute atomic E-state index is 12.6. The second kappa shape index (κ2) is 4.33. The zero-order valence-electron chi connectivity index (χ0n) is 10.4. The van der Waals surface area contributed by atoms with Crippen molar-refractivity contribution in [1.82, 2.24) is 10.6 Å². The smallest absolute Gasteiger partial charge is 0.194 e. The van der Waals surface area contributed by atoms with Crippen LogP contribution in [0.15, 0.2) is 29.2 Å². The molecule has 2 aliphatic heterocycles. The number of hydrogen-bond acceptors (Lipinski definition) is 4. The Labute approximate surface area is 108 Å². The van der Waals surface area contributed by atoms with Crippen molar-refractivity contribution < 1.29 is 8.42 Å². The van der Waals surface area contributed by atoms with Crippen LogP contribution in [0.25, 0.3) is 0 Å². The van der Waals surface area contributed by atoms with E-state index in [2.05, 4.69) is 10.6 Å². The molecule has 3 atom stereocenters. The van der Waals surface area contributed by atoms with Crippen LogP contribution in [0.1, 0.15) is 5.56 Å². The first-order chi connectivity index (χ1) is 8.59. The molecule has 0 aliphatic carbocycles. The average molecular weight is 266 g/mol. The number of aryl methyl sites for hydroxylation is 1. The molecule has 1 aromatic carbocycles. The van der Waals surface area contributed by atoms with Gasteiger partial charge in [0.15, 0.2) is 9.84 Å². The van der Waals surface area contributed by atoms with Crippen molar-refractivity contribution in [3.8, 4) is 0 Å². The molecule has 2 N–H and O–H groups in total. The van der Waals surface area contributed by atoms with Gasteiger partial charge in [-0.05, 0) is 31.5 Å². The Hall–Kier alpha value is -0.910. The van der Waals surface area contributed by atoms with Crippen LogP contribution < -0.4 is 10.6 Å². The van der Waals surface area contributed by atoms with Gasteiger partial charge in [0, 0.05) is 19.0 Å². The molecule has 0 radical (unpaired) electrons. The van der Waals surface area contributed by atoms with Crippen LogP contribution in [0.5, 0.6) is 0 Å². The van der Waals surface area contributed by atoms with E-state index in [1.54, 1.807) is 12.1 Å². The van der Waals surface area contributed by atoms with Gasteiger partial charge in [0.2, 0.25) is 0 Å². The Morgan fingerprint density at radius 1 is 1.11 bits per heavy atom. The number of hydrogen-bond donors (Lipinski definition) is 2. The number of nitrogens with one attached hydrogen (secondary N) is 2. The molecule has 5 heteroatoms. The fourth-order valence-corrected chi connectivity index (χ4v) is 4.87. The number of sulfone groups is 1. The van der Waals surface area contributed by atoms with E-state index in [0.29, 0.717) is 10.8 Å². The van der Waals surface area contributed by atoms with Crippen LogP contribution in [0.2, 0.25) is 0 Å². The summed E-state index contributed by atoms with van der Waals surface area (Å²) in [5.41, 5.74) is 1.08. The van der Waals surface area contributed by atoms with Crippen molar-refractivity contribution >= 4 is 9.84 Å². The van der Waals surface area contributed by atoms with Gasteiger partial charge < -0.3 is 10.6 Å². The zero-order chi connectivity index (χ0) is 12.8. The third-order valence-electron chi connectivity index (χ3n) is 4.05. The van der Waals surface area contributed by atoms with Crippen molar-refractivity contribution in [2.45, 2.75) is 17.2 Å². The lowest BCUT2D eigenvalue weighted by Gasteiger charge is -2.18. The number of fused-ring (bicyclic) bond motifs is 1. The molecule has 3 rings (SSSR count). The SMILES string of the molecule is Cc1ccc(S(=O)(=O)C2NCC3CNCC32)cc1. The standard InChI is InChI=1S/C13H18N2O2S/c1-9-2-4-11(5-3-9)18(16,17)13-12-8-14-6-10(12)7-15-13/h2-5,10,12-15H,6-8H2,1H3. The Balaban J connectivity index is 1.93. The van der Waals surface area contributed by atoms with Crippen molar-refractivity contribution in [2.75, 3.05) is 19.6 Å². The van der Waals surface area contributed by atoms with E-state index in [1.165, 1.54) is 0 Å². The highest BCUT2D eigenvalue weighted by Gasteiger charge is 2.45. The molecule has 2 fully saturated rings. The van der Waals surface area contributed by atoms with Gasteiger partial charge in [-0.15, -0.1) is 0 Å². The van der Waals surface area contributed by atoms with E-state index in [4.69, 9.17) is 0 Å². The molecule has 0 amide bonds. The third-order valence-corrected chi connectivity index (χ3v) is 6.16. The van der Waals surface area contributed by atoms with E-state index in [0.717, 1.165) is 25.2 Å². The van der Waals surface area contributed by atoms with Crippen molar-refractivity contribution in [2.24, 2.45) is 11.8 Å². The summed E-state index contributed by atoms with van der Waals surface area (Å²) in [6.45, 7) is 4.49. The molecule has 2 heterocycles. The van der Waals surface area contributed by atoms with Crippen molar-refractivity contribution in [1.29, 1.82) is 0 Å². The van der Waals surface area contributed by atoms with Gasteiger partial charge in [-0.2, -0.15) is 0 Å². The van der Waals surface area contributed by atoms with Crippen LogP contribution in [-0.2, 0) is 9.84 Å². The van der Waals surface area contributed by atoms with E-state index in [-0.39, 0.29) is 5.92 Å². The normalized spacial score (nSPS) is 31.5. The van der Waals surface area contributed by atoms with Gasteiger partial charge in [0.1, 0.15) is 5.37 Å². The molecule has 4 nitrogen and oxygen atoms in total.